The molecule has 0 radical (unpaired) electrons. The van der Waals surface area contributed by atoms with E-state index in [4.69, 9.17) is 0 Å². The number of halogens is 3. The van der Waals surface area contributed by atoms with Crippen LogP contribution in [-0.2, 0) is 5.41 Å². The molecule has 2 aromatic rings. The number of carbonyl (C=O) groups is 1. The second-order valence-corrected chi connectivity index (χ2v) is 7.99. The Morgan fingerprint density at radius 2 is 1.52 bits per heavy atom. The number of hydrogen-bond donors (Lipinski definition) is 0. The first-order valence-corrected chi connectivity index (χ1v) is 9.35. The zero-order valence-electron chi connectivity index (χ0n) is 15.5. The van der Waals surface area contributed by atoms with Crippen LogP contribution in [0.2, 0.25) is 0 Å². The molecule has 27 heavy (non-hydrogen) atoms. The van der Waals surface area contributed by atoms with E-state index in [1.807, 2.05) is 13.8 Å². The molecule has 1 saturated heterocycles. The smallest absolute Gasteiger partial charge is 0.372 e. The van der Waals surface area contributed by atoms with E-state index in [1.54, 1.807) is 6.07 Å². The van der Waals surface area contributed by atoms with Gasteiger partial charge in [-0.3, -0.25) is 4.79 Å². The van der Waals surface area contributed by atoms with Gasteiger partial charge < -0.3 is 4.90 Å². The van der Waals surface area contributed by atoms with Crippen LogP contribution in [0.1, 0.15) is 54.6 Å². The Hall–Kier alpha value is -2.30. The highest BCUT2D eigenvalue weighted by molar-refractivity contribution is 6.01. The average Bonchev–Trinajstić information content (AvgIpc) is 2.88. The van der Waals surface area contributed by atoms with E-state index < -0.39 is 17.4 Å². The van der Waals surface area contributed by atoms with Gasteiger partial charge in [-0.15, -0.1) is 0 Å². The van der Waals surface area contributed by atoms with Crippen LogP contribution in [0, 0.1) is 0 Å². The minimum atomic E-state index is -4.86. The van der Waals surface area contributed by atoms with Gasteiger partial charge in [-0.25, -0.2) is 0 Å². The topological polar surface area (TPSA) is 20.3 Å². The van der Waals surface area contributed by atoms with Crippen molar-refractivity contribution in [2.45, 2.75) is 44.7 Å². The lowest BCUT2D eigenvalue weighted by atomic mass is 9.81. The van der Waals surface area contributed by atoms with Gasteiger partial charge in [0.05, 0.1) is 0 Å². The zero-order valence-corrected chi connectivity index (χ0v) is 15.5. The van der Waals surface area contributed by atoms with Crippen LogP contribution < -0.4 is 4.90 Å². The average molecular weight is 373 g/mol. The standard InChI is InChI=1S/C22H22F3NO/c1-21(2)18-12-14(20(27)22(23,24)25)6-8-16(18)17-9-7-15(13-19(17)21)26-10-4-3-5-11-26/h6-9,12-13H,3-5,10-11H2,1-2H3. The van der Waals surface area contributed by atoms with Gasteiger partial charge in [0.2, 0.25) is 0 Å². The number of Topliss-reactive ketones (excluding diaryl/α,β-unsaturated/α-hetero) is 1. The summed E-state index contributed by atoms with van der Waals surface area (Å²) in [6, 6.07) is 10.7. The van der Waals surface area contributed by atoms with Crippen molar-refractivity contribution in [1.29, 1.82) is 0 Å². The third-order valence-electron chi connectivity index (χ3n) is 5.90. The van der Waals surface area contributed by atoms with Crippen LogP contribution in [0.4, 0.5) is 18.9 Å². The number of rotatable bonds is 2. The summed E-state index contributed by atoms with van der Waals surface area (Å²) < 4.78 is 38.5. The molecule has 0 bridgehead atoms. The van der Waals surface area contributed by atoms with Gasteiger partial charge in [-0.1, -0.05) is 32.0 Å². The largest absolute Gasteiger partial charge is 0.454 e. The Balaban J connectivity index is 1.76. The molecule has 2 nitrogen and oxygen atoms in total. The summed E-state index contributed by atoms with van der Waals surface area (Å²) in [7, 11) is 0. The van der Waals surface area contributed by atoms with Gasteiger partial charge in [0.1, 0.15) is 0 Å². The van der Waals surface area contributed by atoms with E-state index in [-0.39, 0.29) is 5.56 Å². The molecule has 2 aliphatic rings. The van der Waals surface area contributed by atoms with Crippen LogP contribution in [0.5, 0.6) is 0 Å². The quantitative estimate of drug-likeness (QED) is 0.627. The first-order chi connectivity index (χ1) is 12.7. The number of ketones is 1. The van der Waals surface area contributed by atoms with Crippen LogP contribution in [-0.4, -0.2) is 25.0 Å². The monoisotopic (exact) mass is 373 g/mol. The number of anilines is 1. The van der Waals surface area contributed by atoms with Crippen LogP contribution in [0.15, 0.2) is 36.4 Å². The lowest BCUT2D eigenvalue weighted by Crippen LogP contribution is -2.29. The lowest BCUT2D eigenvalue weighted by molar-refractivity contribution is -0.0885. The molecular formula is C22H22F3NO. The second kappa shape index (κ2) is 6.11. The fraction of sp³-hybridized carbons (Fsp3) is 0.409. The predicted molar refractivity (Wildman–Crippen MR) is 100 cm³/mol. The van der Waals surface area contributed by atoms with Crippen molar-refractivity contribution in [2.75, 3.05) is 18.0 Å². The molecule has 0 unspecified atom stereocenters. The molecule has 1 heterocycles. The van der Waals surface area contributed by atoms with E-state index >= 15 is 0 Å². The number of nitrogens with zero attached hydrogens (tertiary/aromatic N) is 1. The number of carbonyl (C=O) groups excluding carboxylic acids is 1. The van der Waals surface area contributed by atoms with Crippen LogP contribution in [0.25, 0.3) is 11.1 Å². The zero-order chi connectivity index (χ0) is 19.4. The minimum absolute atomic E-state index is 0.293. The highest BCUT2D eigenvalue weighted by atomic mass is 19.4. The molecule has 0 amide bonds. The number of alkyl halides is 3. The van der Waals surface area contributed by atoms with Gasteiger partial charge >= 0.3 is 6.18 Å². The number of benzene rings is 2. The molecule has 2 aromatic carbocycles. The van der Waals surface area contributed by atoms with Crippen molar-refractivity contribution in [3.05, 3.63) is 53.1 Å². The van der Waals surface area contributed by atoms with E-state index in [1.165, 1.54) is 37.1 Å². The summed E-state index contributed by atoms with van der Waals surface area (Å²) in [6.07, 6.45) is -1.23. The molecule has 5 heteroatoms. The number of fused-ring (bicyclic) bond motifs is 3. The summed E-state index contributed by atoms with van der Waals surface area (Å²) >= 11 is 0. The van der Waals surface area contributed by atoms with Crippen molar-refractivity contribution in [2.24, 2.45) is 0 Å². The molecule has 4 rings (SSSR count). The minimum Gasteiger partial charge on any atom is -0.372 e. The maximum atomic E-state index is 12.8. The normalized spacial score (nSPS) is 18.2. The Kier molecular flexibility index (Phi) is 4.09. The fourth-order valence-corrected chi connectivity index (χ4v) is 4.38. The summed E-state index contributed by atoms with van der Waals surface area (Å²) in [5.41, 5.74) is 4.28. The van der Waals surface area contributed by atoms with Crippen molar-refractivity contribution in [1.82, 2.24) is 0 Å². The van der Waals surface area contributed by atoms with E-state index in [0.717, 1.165) is 35.3 Å². The van der Waals surface area contributed by atoms with Crippen molar-refractivity contribution in [3.8, 4) is 11.1 Å². The Morgan fingerprint density at radius 3 is 2.15 bits per heavy atom. The van der Waals surface area contributed by atoms with Gasteiger partial charge in [0.25, 0.3) is 5.78 Å². The van der Waals surface area contributed by atoms with Crippen molar-refractivity contribution in [3.63, 3.8) is 0 Å². The lowest BCUT2D eigenvalue weighted by Gasteiger charge is -2.30. The third kappa shape index (κ3) is 2.93. The van der Waals surface area contributed by atoms with Crippen molar-refractivity contribution >= 4 is 11.5 Å². The Morgan fingerprint density at radius 1 is 0.926 bits per heavy atom. The number of hydrogen-bond acceptors (Lipinski definition) is 2. The molecule has 1 aliphatic heterocycles. The molecule has 0 N–H and O–H groups in total. The summed E-state index contributed by atoms with van der Waals surface area (Å²) in [4.78, 5) is 14.1. The van der Waals surface area contributed by atoms with E-state index in [9.17, 15) is 18.0 Å². The first-order valence-electron chi connectivity index (χ1n) is 9.35. The molecule has 0 atom stereocenters. The first kappa shape index (κ1) is 18.1. The highest BCUT2D eigenvalue weighted by Gasteiger charge is 2.41. The predicted octanol–water partition coefficient (Wildman–Crippen LogP) is 5.73. The van der Waals surface area contributed by atoms with Gasteiger partial charge in [0, 0.05) is 29.8 Å². The molecular weight excluding hydrogens is 351 g/mol. The molecule has 0 spiro atoms. The molecule has 0 aromatic heterocycles. The molecule has 142 valence electrons. The summed E-state index contributed by atoms with van der Waals surface area (Å²) in [5, 5.41) is 0. The van der Waals surface area contributed by atoms with E-state index in [2.05, 4.69) is 23.1 Å². The Bertz CT molecular complexity index is 908. The molecule has 1 aliphatic carbocycles. The summed E-state index contributed by atoms with van der Waals surface area (Å²) in [5.74, 6) is -1.79. The van der Waals surface area contributed by atoms with Crippen LogP contribution in [0.3, 0.4) is 0 Å². The van der Waals surface area contributed by atoms with Crippen LogP contribution >= 0.6 is 0 Å². The van der Waals surface area contributed by atoms with Gasteiger partial charge in [-0.2, -0.15) is 13.2 Å². The molecule has 0 saturated carbocycles. The number of piperidine rings is 1. The fourth-order valence-electron chi connectivity index (χ4n) is 4.38. The van der Waals surface area contributed by atoms with Crippen molar-refractivity contribution < 1.29 is 18.0 Å². The SMILES string of the molecule is CC1(C)c2cc(C(=O)C(F)(F)F)ccc2-c2ccc(N3CCCCC3)cc21. The Labute approximate surface area is 157 Å². The third-order valence-corrected chi connectivity index (χ3v) is 5.90. The van der Waals surface area contributed by atoms with Gasteiger partial charge in [-0.05, 0) is 59.7 Å². The highest BCUT2D eigenvalue weighted by Crippen LogP contribution is 2.50. The maximum Gasteiger partial charge on any atom is 0.454 e. The van der Waals surface area contributed by atoms with Gasteiger partial charge in [0.15, 0.2) is 0 Å². The molecule has 1 fully saturated rings. The van der Waals surface area contributed by atoms with E-state index in [0.29, 0.717) is 0 Å². The maximum absolute atomic E-state index is 12.8. The summed E-state index contributed by atoms with van der Waals surface area (Å²) in [6.45, 7) is 6.10. The second-order valence-electron chi connectivity index (χ2n) is 7.99.